The van der Waals surface area contributed by atoms with Gasteiger partial charge in [0.1, 0.15) is 0 Å². The molecule has 0 unspecified atom stereocenters. The first-order chi connectivity index (χ1) is 7.26. The number of hydrogen-bond donors (Lipinski definition) is 1. The zero-order valence-electron chi connectivity index (χ0n) is 10.5. The molecule has 4 heteroatoms. The number of likely N-dealkylation sites (N-methyl/N-ethyl adjacent to an activating group) is 2. The zero-order valence-corrected chi connectivity index (χ0v) is 10.5. The number of hydrazine groups is 1. The van der Waals surface area contributed by atoms with Gasteiger partial charge >= 0.3 is 0 Å². The second-order valence-corrected chi connectivity index (χ2v) is 4.23. The molecule has 0 aromatic heterocycles. The third-order valence-corrected chi connectivity index (χ3v) is 3.16. The monoisotopic (exact) mass is 214 g/mol. The number of nitrogens with zero attached hydrogens (tertiary/aromatic N) is 3. The van der Waals surface area contributed by atoms with E-state index in [0.29, 0.717) is 0 Å². The van der Waals surface area contributed by atoms with E-state index in [1.165, 1.54) is 13.1 Å². The summed E-state index contributed by atoms with van der Waals surface area (Å²) in [5, 5.41) is 2.35. The first kappa shape index (κ1) is 12.9. The fraction of sp³-hybridized carbons (Fsp3) is 1.00. The molecule has 1 heterocycles. The highest BCUT2D eigenvalue weighted by Gasteiger charge is 2.12. The smallest absolute Gasteiger partial charge is 0.0259 e. The Morgan fingerprint density at radius 2 is 1.67 bits per heavy atom. The van der Waals surface area contributed by atoms with Crippen LogP contribution in [0.5, 0.6) is 0 Å². The SMILES string of the molecule is CCN(CC)CCNN1CCN(C)CC1. The summed E-state index contributed by atoms with van der Waals surface area (Å²) in [5.41, 5.74) is 3.51. The van der Waals surface area contributed by atoms with E-state index >= 15 is 0 Å². The van der Waals surface area contributed by atoms with Crippen LogP contribution in [0.25, 0.3) is 0 Å². The van der Waals surface area contributed by atoms with Crippen molar-refractivity contribution in [3.05, 3.63) is 0 Å². The van der Waals surface area contributed by atoms with E-state index in [-0.39, 0.29) is 0 Å². The van der Waals surface area contributed by atoms with Gasteiger partial charge < -0.3 is 9.80 Å². The molecular weight excluding hydrogens is 188 g/mol. The van der Waals surface area contributed by atoms with Crippen molar-refractivity contribution in [1.82, 2.24) is 20.2 Å². The Bertz CT molecular complexity index is 151. The highest BCUT2D eigenvalue weighted by atomic mass is 15.5. The van der Waals surface area contributed by atoms with Crippen LogP contribution in [-0.4, -0.2) is 74.2 Å². The average molecular weight is 214 g/mol. The Balaban J connectivity index is 2.04. The van der Waals surface area contributed by atoms with Gasteiger partial charge in [0.05, 0.1) is 0 Å². The highest BCUT2D eigenvalue weighted by Crippen LogP contribution is 1.95. The second-order valence-electron chi connectivity index (χ2n) is 4.23. The third-order valence-electron chi connectivity index (χ3n) is 3.16. The van der Waals surface area contributed by atoms with E-state index in [0.717, 1.165) is 39.3 Å². The van der Waals surface area contributed by atoms with Crippen molar-refractivity contribution in [2.45, 2.75) is 13.8 Å². The molecule has 90 valence electrons. The number of nitrogens with one attached hydrogen (secondary N) is 1. The maximum Gasteiger partial charge on any atom is 0.0259 e. The zero-order chi connectivity index (χ0) is 11.1. The van der Waals surface area contributed by atoms with E-state index in [4.69, 9.17) is 0 Å². The summed E-state index contributed by atoms with van der Waals surface area (Å²) in [6.45, 7) is 13.6. The van der Waals surface area contributed by atoms with Crippen LogP contribution in [0.1, 0.15) is 13.8 Å². The van der Waals surface area contributed by atoms with Crippen LogP contribution in [0.2, 0.25) is 0 Å². The minimum absolute atomic E-state index is 1.07. The van der Waals surface area contributed by atoms with Gasteiger partial charge in [-0.2, -0.15) is 0 Å². The molecule has 1 N–H and O–H groups in total. The summed E-state index contributed by atoms with van der Waals surface area (Å²) < 4.78 is 0. The third kappa shape index (κ3) is 4.93. The van der Waals surface area contributed by atoms with Gasteiger partial charge in [-0.25, -0.2) is 5.01 Å². The van der Waals surface area contributed by atoms with Crippen LogP contribution in [0.3, 0.4) is 0 Å². The van der Waals surface area contributed by atoms with Gasteiger partial charge in [-0.05, 0) is 20.1 Å². The normalized spacial score (nSPS) is 20.0. The largest absolute Gasteiger partial charge is 0.304 e. The molecular formula is C11H26N4. The van der Waals surface area contributed by atoms with E-state index in [9.17, 15) is 0 Å². The molecule has 0 aromatic rings. The lowest BCUT2D eigenvalue weighted by Gasteiger charge is -2.33. The van der Waals surface area contributed by atoms with Gasteiger partial charge in [0, 0.05) is 39.3 Å². The minimum Gasteiger partial charge on any atom is -0.304 e. The average Bonchev–Trinajstić information content (AvgIpc) is 2.27. The molecule has 1 rings (SSSR count). The standard InChI is InChI=1S/C11H26N4/c1-4-14(5-2)7-6-12-15-10-8-13(3)9-11-15/h12H,4-11H2,1-3H3. The lowest BCUT2D eigenvalue weighted by atomic mass is 10.4. The molecule has 0 aliphatic carbocycles. The highest BCUT2D eigenvalue weighted by molar-refractivity contribution is 4.66. The summed E-state index contributed by atoms with van der Waals surface area (Å²) in [4.78, 5) is 4.83. The van der Waals surface area contributed by atoms with Crippen molar-refractivity contribution in [3.8, 4) is 0 Å². The predicted octanol–water partition coefficient (Wildman–Crippen LogP) is 0.0802. The number of hydrogen-bond acceptors (Lipinski definition) is 4. The van der Waals surface area contributed by atoms with Crippen molar-refractivity contribution >= 4 is 0 Å². The van der Waals surface area contributed by atoms with Crippen molar-refractivity contribution in [1.29, 1.82) is 0 Å². The second kappa shape index (κ2) is 7.17. The van der Waals surface area contributed by atoms with Crippen LogP contribution >= 0.6 is 0 Å². The van der Waals surface area contributed by atoms with E-state index < -0.39 is 0 Å². The van der Waals surface area contributed by atoms with Crippen molar-refractivity contribution < 1.29 is 0 Å². The van der Waals surface area contributed by atoms with Gasteiger partial charge in [0.15, 0.2) is 0 Å². The van der Waals surface area contributed by atoms with Gasteiger partial charge in [0.2, 0.25) is 0 Å². The molecule has 0 spiro atoms. The lowest BCUT2D eigenvalue weighted by molar-refractivity contribution is 0.0995. The van der Waals surface area contributed by atoms with Crippen LogP contribution in [0, 0.1) is 0 Å². The van der Waals surface area contributed by atoms with Crippen molar-refractivity contribution in [2.75, 3.05) is 59.4 Å². The predicted molar refractivity (Wildman–Crippen MR) is 64.9 cm³/mol. The Labute approximate surface area is 94.2 Å². The van der Waals surface area contributed by atoms with Crippen LogP contribution in [0.4, 0.5) is 0 Å². The van der Waals surface area contributed by atoms with Crippen LogP contribution in [0.15, 0.2) is 0 Å². The molecule has 0 bridgehead atoms. The first-order valence-corrected chi connectivity index (χ1v) is 6.15. The van der Waals surface area contributed by atoms with E-state index in [2.05, 4.69) is 41.1 Å². The summed E-state index contributed by atoms with van der Waals surface area (Å²) >= 11 is 0. The maximum atomic E-state index is 3.51. The topological polar surface area (TPSA) is 21.8 Å². The Kier molecular flexibility index (Phi) is 6.17. The number of piperazine rings is 1. The van der Waals surface area contributed by atoms with E-state index in [1.807, 2.05) is 0 Å². The number of rotatable bonds is 6. The molecule has 1 aliphatic rings. The Hall–Kier alpha value is -0.160. The fourth-order valence-electron chi connectivity index (χ4n) is 1.87. The Morgan fingerprint density at radius 1 is 1.07 bits per heavy atom. The maximum absolute atomic E-state index is 3.51. The first-order valence-electron chi connectivity index (χ1n) is 6.15. The molecule has 0 aromatic carbocycles. The van der Waals surface area contributed by atoms with Gasteiger partial charge in [-0.1, -0.05) is 13.8 Å². The molecule has 1 aliphatic heterocycles. The van der Waals surface area contributed by atoms with Crippen LogP contribution < -0.4 is 5.43 Å². The van der Waals surface area contributed by atoms with Gasteiger partial charge in [-0.15, -0.1) is 0 Å². The summed E-state index contributed by atoms with van der Waals surface area (Å²) in [6, 6.07) is 0. The summed E-state index contributed by atoms with van der Waals surface area (Å²) in [7, 11) is 2.19. The molecule has 1 saturated heterocycles. The Morgan fingerprint density at radius 3 is 2.20 bits per heavy atom. The lowest BCUT2D eigenvalue weighted by Crippen LogP contribution is -2.52. The summed E-state index contributed by atoms with van der Waals surface area (Å²) in [5.74, 6) is 0. The molecule has 15 heavy (non-hydrogen) atoms. The summed E-state index contributed by atoms with van der Waals surface area (Å²) in [6.07, 6.45) is 0. The molecule has 0 amide bonds. The van der Waals surface area contributed by atoms with Gasteiger partial charge in [-0.3, -0.25) is 5.43 Å². The van der Waals surface area contributed by atoms with Crippen molar-refractivity contribution in [3.63, 3.8) is 0 Å². The molecule has 0 atom stereocenters. The quantitative estimate of drug-likeness (QED) is 0.676. The molecule has 0 saturated carbocycles. The van der Waals surface area contributed by atoms with E-state index in [1.54, 1.807) is 0 Å². The van der Waals surface area contributed by atoms with Crippen LogP contribution in [-0.2, 0) is 0 Å². The minimum atomic E-state index is 1.07. The van der Waals surface area contributed by atoms with Crippen molar-refractivity contribution in [2.24, 2.45) is 0 Å². The molecule has 4 nitrogen and oxygen atoms in total. The molecule has 0 radical (unpaired) electrons. The fourth-order valence-corrected chi connectivity index (χ4v) is 1.87. The van der Waals surface area contributed by atoms with Gasteiger partial charge in [0.25, 0.3) is 0 Å². The molecule has 1 fully saturated rings.